The predicted octanol–water partition coefficient (Wildman–Crippen LogP) is 0.856. The van der Waals surface area contributed by atoms with E-state index < -0.39 is 0 Å². The maximum absolute atomic E-state index is 5.58. The molecule has 0 saturated heterocycles. The molecule has 2 N–H and O–H groups in total. The third kappa shape index (κ3) is 1.10. The number of nitrogens with two attached hydrogens (primary N) is 1. The van der Waals surface area contributed by atoms with E-state index in [1.165, 1.54) is 6.34 Å². The van der Waals surface area contributed by atoms with Crippen LogP contribution in [0.1, 0.15) is 6.92 Å². The van der Waals surface area contributed by atoms with Gasteiger partial charge in [-0.15, -0.1) is 0 Å². The molecule has 0 unspecified atom stereocenters. The molecule has 0 aromatic rings. The Kier molecular flexibility index (Phi) is 1.53. The number of aliphatic imine (C=N–C) groups is 2. The topological polar surface area (TPSA) is 50.7 Å². The van der Waals surface area contributed by atoms with E-state index in [9.17, 15) is 0 Å². The number of hydrogen-bond donors (Lipinski definition) is 1. The summed E-state index contributed by atoms with van der Waals surface area (Å²) in [5.74, 6) is 0.391. The molecule has 0 aliphatic carbocycles. The zero-order chi connectivity index (χ0) is 6.85. The second-order valence-corrected chi connectivity index (χ2v) is 2.21. The van der Waals surface area contributed by atoms with E-state index in [2.05, 4.69) is 9.98 Å². The second kappa shape index (κ2) is 2.19. The van der Waals surface area contributed by atoms with Crippen LogP contribution in [0.4, 0.5) is 0 Å². The zero-order valence-corrected chi connectivity index (χ0v) is 5.68. The SMILES string of the molecule is C/C(Cl)=C1/N=CN=C1N. The Morgan fingerprint density at radius 1 is 1.78 bits per heavy atom. The first kappa shape index (κ1) is 6.29. The van der Waals surface area contributed by atoms with E-state index in [0.29, 0.717) is 16.6 Å². The van der Waals surface area contributed by atoms with E-state index in [1.54, 1.807) is 6.92 Å². The fraction of sp³-hybridized carbons (Fsp3) is 0.200. The van der Waals surface area contributed by atoms with Crippen molar-refractivity contribution in [2.45, 2.75) is 6.92 Å². The highest BCUT2D eigenvalue weighted by molar-refractivity contribution is 6.32. The monoisotopic (exact) mass is 143 g/mol. The number of nitrogens with zero attached hydrogens (tertiary/aromatic N) is 2. The third-order valence-corrected chi connectivity index (χ3v) is 1.13. The summed E-state index contributed by atoms with van der Waals surface area (Å²) in [6.07, 6.45) is 1.39. The lowest BCUT2D eigenvalue weighted by Gasteiger charge is -1.92. The minimum atomic E-state index is 0.391. The molecule has 1 aliphatic rings. The molecule has 0 aromatic carbocycles. The van der Waals surface area contributed by atoms with Crippen molar-refractivity contribution in [1.29, 1.82) is 0 Å². The Balaban J connectivity index is 3.00. The highest BCUT2D eigenvalue weighted by Crippen LogP contribution is 2.12. The Labute approximate surface area is 57.9 Å². The quantitative estimate of drug-likeness (QED) is 0.537. The van der Waals surface area contributed by atoms with Crippen LogP contribution >= 0.6 is 11.6 Å². The largest absolute Gasteiger partial charge is 0.382 e. The van der Waals surface area contributed by atoms with Crippen molar-refractivity contribution in [1.82, 2.24) is 0 Å². The molecule has 0 bridgehead atoms. The summed E-state index contributed by atoms with van der Waals surface area (Å²) in [5, 5.41) is 0.574. The van der Waals surface area contributed by atoms with Gasteiger partial charge in [0.1, 0.15) is 12.0 Å². The lowest BCUT2D eigenvalue weighted by Crippen LogP contribution is -2.10. The van der Waals surface area contributed by atoms with Crippen LogP contribution in [0.5, 0.6) is 0 Å². The first-order valence-electron chi connectivity index (χ1n) is 2.44. The summed E-state index contributed by atoms with van der Waals surface area (Å²) in [6, 6.07) is 0. The smallest absolute Gasteiger partial charge is 0.152 e. The van der Waals surface area contributed by atoms with Crippen molar-refractivity contribution in [3.05, 3.63) is 10.7 Å². The van der Waals surface area contributed by atoms with Crippen molar-refractivity contribution >= 4 is 23.8 Å². The Morgan fingerprint density at radius 2 is 2.44 bits per heavy atom. The molecule has 0 amide bonds. The Morgan fingerprint density at radius 3 is 2.67 bits per heavy atom. The van der Waals surface area contributed by atoms with Crippen LogP contribution in [-0.4, -0.2) is 12.2 Å². The van der Waals surface area contributed by atoms with Gasteiger partial charge in [-0.1, -0.05) is 11.6 Å². The second-order valence-electron chi connectivity index (χ2n) is 1.64. The first-order chi connectivity index (χ1) is 4.22. The lowest BCUT2D eigenvalue weighted by molar-refractivity contribution is 1.42. The van der Waals surface area contributed by atoms with E-state index in [0.717, 1.165) is 0 Å². The van der Waals surface area contributed by atoms with E-state index in [4.69, 9.17) is 17.3 Å². The Hall–Kier alpha value is -0.830. The molecule has 1 aliphatic heterocycles. The van der Waals surface area contributed by atoms with Crippen LogP contribution in [0.25, 0.3) is 0 Å². The number of rotatable bonds is 0. The molecular formula is C5H6ClN3. The van der Waals surface area contributed by atoms with Crippen molar-refractivity contribution < 1.29 is 0 Å². The number of hydrogen-bond acceptors (Lipinski definition) is 3. The van der Waals surface area contributed by atoms with Crippen LogP contribution < -0.4 is 5.73 Å². The minimum absolute atomic E-state index is 0.391. The van der Waals surface area contributed by atoms with Gasteiger partial charge in [-0.2, -0.15) is 0 Å². The van der Waals surface area contributed by atoms with Gasteiger partial charge in [0, 0.05) is 5.03 Å². The fourth-order valence-electron chi connectivity index (χ4n) is 0.542. The molecule has 0 atom stereocenters. The van der Waals surface area contributed by atoms with Gasteiger partial charge in [-0.3, -0.25) is 0 Å². The summed E-state index contributed by atoms with van der Waals surface area (Å²) < 4.78 is 0. The van der Waals surface area contributed by atoms with Gasteiger partial charge in [0.05, 0.1) is 0 Å². The van der Waals surface area contributed by atoms with Gasteiger partial charge >= 0.3 is 0 Å². The van der Waals surface area contributed by atoms with Crippen LogP contribution in [-0.2, 0) is 0 Å². The van der Waals surface area contributed by atoms with E-state index >= 15 is 0 Å². The standard InChI is InChI=1S/C5H6ClN3/c1-3(6)4-5(7)9-2-8-4/h2H,1H3,(H2,7,8,9)/b4-3-. The van der Waals surface area contributed by atoms with Crippen LogP contribution in [0.2, 0.25) is 0 Å². The molecular weight excluding hydrogens is 138 g/mol. The average molecular weight is 144 g/mol. The highest BCUT2D eigenvalue weighted by Gasteiger charge is 2.06. The molecule has 48 valence electrons. The molecule has 1 rings (SSSR count). The summed E-state index contributed by atoms with van der Waals surface area (Å²) in [5.41, 5.74) is 5.94. The number of amidine groups is 1. The lowest BCUT2D eigenvalue weighted by atomic mass is 10.4. The summed E-state index contributed by atoms with van der Waals surface area (Å²) in [7, 11) is 0. The van der Waals surface area contributed by atoms with Crippen molar-refractivity contribution in [3.63, 3.8) is 0 Å². The molecule has 1 heterocycles. The summed E-state index contributed by atoms with van der Waals surface area (Å²) in [6.45, 7) is 1.72. The Bertz CT molecular complexity index is 210. The van der Waals surface area contributed by atoms with Gasteiger partial charge < -0.3 is 5.73 Å². The minimum Gasteiger partial charge on any atom is -0.382 e. The van der Waals surface area contributed by atoms with Gasteiger partial charge in [0.2, 0.25) is 0 Å². The van der Waals surface area contributed by atoms with Crippen LogP contribution in [0.15, 0.2) is 20.7 Å². The summed E-state index contributed by atoms with van der Waals surface area (Å²) >= 11 is 5.58. The molecule has 4 heteroatoms. The van der Waals surface area contributed by atoms with Crippen molar-refractivity contribution in [3.8, 4) is 0 Å². The molecule has 0 fully saturated rings. The molecule has 0 aromatic heterocycles. The number of halogens is 1. The molecule has 0 radical (unpaired) electrons. The van der Waals surface area contributed by atoms with E-state index in [-0.39, 0.29) is 0 Å². The normalized spacial score (nSPS) is 22.2. The zero-order valence-electron chi connectivity index (χ0n) is 4.93. The van der Waals surface area contributed by atoms with Crippen LogP contribution in [0.3, 0.4) is 0 Å². The van der Waals surface area contributed by atoms with Crippen LogP contribution in [0, 0.1) is 0 Å². The fourth-order valence-corrected chi connectivity index (χ4v) is 0.687. The summed E-state index contributed by atoms with van der Waals surface area (Å²) in [4.78, 5) is 7.51. The first-order valence-corrected chi connectivity index (χ1v) is 2.82. The molecule has 0 saturated carbocycles. The van der Waals surface area contributed by atoms with Gasteiger partial charge in [0.25, 0.3) is 0 Å². The third-order valence-electron chi connectivity index (χ3n) is 0.953. The molecule has 0 spiro atoms. The predicted molar refractivity (Wildman–Crippen MR) is 38.7 cm³/mol. The van der Waals surface area contributed by atoms with E-state index in [1.807, 2.05) is 0 Å². The highest BCUT2D eigenvalue weighted by atomic mass is 35.5. The molecule has 3 nitrogen and oxygen atoms in total. The van der Waals surface area contributed by atoms with Crippen molar-refractivity contribution in [2.24, 2.45) is 15.7 Å². The van der Waals surface area contributed by atoms with Gasteiger partial charge in [-0.25, -0.2) is 9.98 Å². The van der Waals surface area contributed by atoms with Crippen molar-refractivity contribution in [2.75, 3.05) is 0 Å². The maximum Gasteiger partial charge on any atom is 0.152 e. The number of allylic oxidation sites excluding steroid dienone is 1. The van der Waals surface area contributed by atoms with Gasteiger partial charge in [0.15, 0.2) is 5.84 Å². The maximum atomic E-state index is 5.58. The average Bonchev–Trinajstić information content (AvgIpc) is 2.13. The molecule has 9 heavy (non-hydrogen) atoms. The van der Waals surface area contributed by atoms with Gasteiger partial charge in [-0.05, 0) is 6.92 Å².